The molecule has 5 nitrogen and oxygen atoms in total. The summed E-state index contributed by atoms with van der Waals surface area (Å²) in [5, 5.41) is 21.9. The molecule has 0 unspecified atom stereocenters. The molecule has 0 aliphatic carbocycles. The zero-order chi connectivity index (χ0) is 15.2. The van der Waals surface area contributed by atoms with E-state index < -0.39 is 0 Å². The van der Waals surface area contributed by atoms with E-state index >= 15 is 0 Å². The van der Waals surface area contributed by atoms with Crippen LogP contribution in [0.4, 0.5) is 11.4 Å². The van der Waals surface area contributed by atoms with Gasteiger partial charge in [-0.1, -0.05) is 0 Å². The van der Waals surface area contributed by atoms with Crippen molar-refractivity contribution < 1.29 is 15.0 Å². The van der Waals surface area contributed by atoms with Crippen LogP contribution in [0.2, 0.25) is 0 Å². The highest BCUT2D eigenvalue weighted by atomic mass is 32.1. The summed E-state index contributed by atoms with van der Waals surface area (Å²) in [7, 11) is 0. The van der Waals surface area contributed by atoms with Gasteiger partial charge < -0.3 is 20.8 Å². The Balaban J connectivity index is 2.43. The third-order valence-corrected chi connectivity index (χ3v) is 4.01. The SMILES string of the molecule is Nc1ccc(N(CCO)CCO)cc1-c1cscc1C=O. The van der Waals surface area contributed by atoms with Gasteiger partial charge in [0.25, 0.3) is 0 Å². The number of anilines is 2. The summed E-state index contributed by atoms with van der Waals surface area (Å²) in [5.41, 5.74) is 9.67. The van der Waals surface area contributed by atoms with E-state index in [0.717, 1.165) is 23.1 Å². The van der Waals surface area contributed by atoms with Crippen LogP contribution in [0.25, 0.3) is 11.1 Å². The van der Waals surface area contributed by atoms with Crippen LogP contribution < -0.4 is 10.6 Å². The van der Waals surface area contributed by atoms with Gasteiger partial charge in [-0.05, 0) is 23.6 Å². The fourth-order valence-electron chi connectivity index (χ4n) is 2.20. The van der Waals surface area contributed by atoms with Crippen molar-refractivity contribution in [3.8, 4) is 11.1 Å². The van der Waals surface area contributed by atoms with Crippen LogP contribution in [-0.4, -0.2) is 42.8 Å². The number of benzene rings is 1. The molecule has 2 rings (SSSR count). The predicted molar refractivity (Wildman–Crippen MR) is 85.9 cm³/mol. The monoisotopic (exact) mass is 306 g/mol. The number of carbonyl (C=O) groups excluding carboxylic acids is 1. The Kier molecular flexibility index (Phi) is 5.32. The maximum absolute atomic E-state index is 11.1. The molecule has 1 aromatic heterocycles. The number of hydrogen-bond acceptors (Lipinski definition) is 6. The van der Waals surface area contributed by atoms with Crippen LogP contribution >= 0.6 is 11.3 Å². The highest BCUT2D eigenvalue weighted by molar-refractivity contribution is 7.08. The summed E-state index contributed by atoms with van der Waals surface area (Å²) in [6, 6.07) is 5.51. The van der Waals surface area contributed by atoms with Crippen LogP contribution in [-0.2, 0) is 0 Å². The Morgan fingerprint density at radius 1 is 1.14 bits per heavy atom. The number of hydrogen-bond donors (Lipinski definition) is 3. The molecule has 4 N–H and O–H groups in total. The fraction of sp³-hybridized carbons (Fsp3) is 0.267. The minimum absolute atomic E-state index is 0.00223. The second-order valence-corrected chi connectivity index (χ2v) is 5.31. The van der Waals surface area contributed by atoms with Crippen molar-refractivity contribution >= 4 is 29.0 Å². The van der Waals surface area contributed by atoms with Crippen molar-refractivity contribution in [2.45, 2.75) is 0 Å². The van der Waals surface area contributed by atoms with E-state index in [-0.39, 0.29) is 13.2 Å². The van der Waals surface area contributed by atoms with Gasteiger partial charge in [0.2, 0.25) is 0 Å². The Hall–Kier alpha value is -1.89. The molecule has 0 radical (unpaired) electrons. The molecule has 6 heteroatoms. The molecule has 112 valence electrons. The molecular formula is C15H18N2O3S. The summed E-state index contributed by atoms with van der Waals surface area (Å²) in [6.07, 6.45) is 0.817. The molecule has 0 amide bonds. The molecule has 0 atom stereocenters. The van der Waals surface area contributed by atoms with E-state index in [1.165, 1.54) is 11.3 Å². The molecule has 21 heavy (non-hydrogen) atoms. The van der Waals surface area contributed by atoms with E-state index in [0.29, 0.717) is 24.3 Å². The van der Waals surface area contributed by atoms with E-state index in [2.05, 4.69) is 0 Å². The number of aliphatic hydroxyl groups excluding tert-OH is 2. The summed E-state index contributed by atoms with van der Waals surface area (Å²) in [5.74, 6) is 0. The highest BCUT2D eigenvalue weighted by Crippen LogP contribution is 2.34. The van der Waals surface area contributed by atoms with Crippen LogP contribution in [0, 0.1) is 0 Å². The third-order valence-electron chi connectivity index (χ3n) is 3.25. The second-order valence-electron chi connectivity index (χ2n) is 4.56. The van der Waals surface area contributed by atoms with Crippen LogP contribution in [0.3, 0.4) is 0 Å². The number of thiophene rings is 1. The van der Waals surface area contributed by atoms with E-state index in [9.17, 15) is 4.79 Å². The van der Waals surface area contributed by atoms with Crippen molar-refractivity contribution in [1.29, 1.82) is 0 Å². The molecule has 1 aromatic carbocycles. The summed E-state index contributed by atoms with van der Waals surface area (Å²) < 4.78 is 0. The van der Waals surface area contributed by atoms with Crippen LogP contribution in [0.1, 0.15) is 10.4 Å². The lowest BCUT2D eigenvalue weighted by molar-refractivity contribution is 0.112. The molecule has 0 fully saturated rings. The van der Waals surface area contributed by atoms with Gasteiger partial charge in [-0.2, -0.15) is 11.3 Å². The maximum Gasteiger partial charge on any atom is 0.151 e. The fourth-order valence-corrected chi connectivity index (χ4v) is 3.00. The average Bonchev–Trinajstić information content (AvgIpc) is 2.96. The van der Waals surface area contributed by atoms with Crippen molar-refractivity contribution in [2.75, 3.05) is 36.9 Å². The average molecular weight is 306 g/mol. The first-order valence-corrected chi connectivity index (χ1v) is 7.53. The summed E-state index contributed by atoms with van der Waals surface area (Å²) >= 11 is 1.45. The van der Waals surface area contributed by atoms with Gasteiger partial charge in [-0.15, -0.1) is 0 Å². The van der Waals surface area contributed by atoms with Gasteiger partial charge in [0.05, 0.1) is 13.2 Å². The lowest BCUT2D eigenvalue weighted by Gasteiger charge is -2.24. The van der Waals surface area contributed by atoms with Crippen LogP contribution in [0.5, 0.6) is 0 Å². The first-order chi connectivity index (χ1) is 10.2. The van der Waals surface area contributed by atoms with E-state index in [1.807, 2.05) is 22.4 Å². The second kappa shape index (κ2) is 7.21. The minimum Gasteiger partial charge on any atom is -0.398 e. The molecule has 0 aliphatic rings. The highest BCUT2D eigenvalue weighted by Gasteiger charge is 2.12. The third kappa shape index (κ3) is 3.41. The van der Waals surface area contributed by atoms with Gasteiger partial charge in [0, 0.05) is 46.5 Å². The largest absolute Gasteiger partial charge is 0.398 e. The van der Waals surface area contributed by atoms with Gasteiger partial charge in [-0.25, -0.2) is 0 Å². The maximum atomic E-state index is 11.1. The Morgan fingerprint density at radius 3 is 2.48 bits per heavy atom. The van der Waals surface area contributed by atoms with E-state index in [4.69, 9.17) is 15.9 Å². The van der Waals surface area contributed by atoms with Crippen molar-refractivity contribution in [3.63, 3.8) is 0 Å². The number of aldehydes is 1. The smallest absolute Gasteiger partial charge is 0.151 e. The quantitative estimate of drug-likeness (QED) is 0.534. The number of carbonyl (C=O) groups is 1. The number of nitrogens with zero attached hydrogens (tertiary/aromatic N) is 1. The number of nitrogens with two attached hydrogens (primary N) is 1. The first kappa shape index (κ1) is 15.5. The van der Waals surface area contributed by atoms with Gasteiger partial charge in [0.1, 0.15) is 0 Å². The molecule has 0 bridgehead atoms. The van der Waals surface area contributed by atoms with Crippen molar-refractivity contribution in [1.82, 2.24) is 0 Å². The molecular weight excluding hydrogens is 288 g/mol. The predicted octanol–water partition coefficient (Wildman–Crippen LogP) is 1.60. The Labute approximate surface area is 127 Å². The molecule has 0 spiro atoms. The number of aliphatic hydroxyl groups is 2. The lowest BCUT2D eigenvalue weighted by Crippen LogP contribution is -2.29. The van der Waals surface area contributed by atoms with Gasteiger partial charge >= 0.3 is 0 Å². The van der Waals surface area contributed by atoms with E-state index in [1.54, 1.807) is 11.4 Å². The first-order valence-electron chi connectivity index (χ1n) is 6.59. The topological polar surface area (TPSA) is 86.8 Å². The Bertz CT molecular complexity index is 607. The summed E-state index contributed by atoms with van der Waals surface area (Å²) in [6.45, 7) is 0.845. The van der Waals surface area contributed by atoms with Crippen molar-refractivity contribution in [2.24, 2.45) is 0 Å². The molecule has 2 aromatic rings. The minimum atomic E-state index is -0.00223. The zero-order valence-corrected chi connectivity index (χ0v) is 12.3. The van der Waals surface area contributed by atoms with Gasteiger partial charge in [0.15, 0.2) is 6.29 Å². The molecule has 0 saturated carbocycles. The summed E-state index contributed by atoms with van der Waals surface area (Å²) in [4.78, 5) is 13.0. The number of nitrogen functional groups attached to an aromatic ring is 1. The standard InChI is InChI=1S/C15H18N2O3S/c16-15-2-1-12(17(3-5-18)4-6-19)7-13(15)14-10-21-9-11(14)8-20/h1-2,7-10,18-19H,3-6,16H2. The normalized spacial score (nSPS) is 10.6. The molecule has 1 heterocycles. The molecule has 0 saturated heterocycles. The molecule has 0 aliphatic heterocycles. The lowest BCUT2D eigenvalue weighted by atomic mass is 10.0. The van der Waals surface area contributed by atoms with Gasteiger partial charge in [-0.3, -0.25) is 4.79 Å². The van der Waals surface area contributed by atoms with Crippen molar-refractivity contribution in [3.05, 3.63) is 34.5 Å². The Morgan fingerprint density at radius 2 is 1.86 bits per heavy atom. The van der Waals surface area contributed by atoms with Crippen LogP contribution in [0.15, 0.2) is 29.0 Å². The zero-order valence-electron chi connectivity index (χ0n) is 11.5. The number of rotatable bonds is 7.